The van der Waals surface area contributed by atoms with Gasteiger partial charge in [-0.1, -0.05) is 18.2 Å². The van der Waals surface area contributed by atoms with E-state index in [0.717, 1.165) is 10.6 Å². The molecular formula is C16H17N3O3. The number of aromatic nitrogens is 1. The van der Waals surface area contributed by atoms with Gasteiger partial charge in [-0.15, -0.1) is 0 Å². The Bertz CT molecular complexity index is 642. The molecule has 6 heteroatoms. The molecule has 0 bridgehead atoms. The molecule has 1 aromatic rings. The maximum Gasteiger partial charge on any atom is 0.245 e. The standard InChI is InChI=1S/C16H17N3O3/c1-10-5-4-8-13(17-10)18-14(20)9-19-15(21)11-6-2-3-7-12(11)16(19)22/h2-5,8,11-12H,6-7,9H2,1H3,(H,17,18,20)/t11-,12-/m1/s1. The average molecular weight is 299 g/mol. The van der Waals surface area contributed by atoms with Crippen LogP contribution in [0.25, 0.3) is 0 Å². The first-order valence-electron chi connectivity index (χ1n) is 7.30. The van der Waals surface area contributed by atoms with Crippen molar-refractivity contribution in [2.24, 2.45) is 11.8 Å². The number of amides is 3. The van der Waals surface area contributed by atoms with E-state index in [1.807, 2.05) is 25.1 Å². The van der Waals surface area contributed by atoms with Crippen LogP contribution in [0.4, 0.5) is 5.82 Å². The highest BCUT2D eigenvalue weighted by Gasteiger charge is 2.47. The van der Waals surface area contributed by atoms with E-state index in [9.17, 15) is 14.4 Å². The lowest BCUT2D eigenvalue weighted by atomic mass is 9.85. The van der Waals surface area contributed by atoms with Crippen molar-refractivity contribution >= 4 is 23.5 Å². The van der Waals surface area contributed by atoms with E-state index in [-0.39, 0.29) is 30.2 Å². The largest absolute Gasteiger partial charge is 0.309 e. The quantitative estimate of drug-likeness (QED) is 0.673. The number of anilines is 1. The zero-order valence-corrected chi connectivity index (χ0v) is 12.3. The number of imide groups is 1. The van der Waals surface area contributed by atoms with E-state index in [1.165, 1.54) is 0 Å². The van der Waals surface area contributed by atoms with Crippen molar-refractivity contribution in [3.63, 3.8) is 0 Å². The summed E-state index contributed by atoms with van der Waals surface area (Å²) < 4.78 is 0. The summed E-state index contributed by atoms with van der Waals surface area (Å²) in [5.74, 6) is -1.09. The Labute approximate surface area is 128 Å². The third-order valence-electron chi connectivity index (χ3n) is 4.06. The Morgan fingerprint density at radius 1 is 1.23 bits per heavy atom. The van der Waals surface area contributed by atoms with Gasteiger partial charge in [0.15, 0.2) is 0 Å². The lowest BCUT2D eigenvalue weighted by Gasteiger charge is -2.14. The summed E-state index contributed by atoms with van der Waals surface area (Å²) >= 11 is 0. The summed E-state index contributed by atoms with van der Waals surface area (Å²) in [6.07, 6.45) is 5.00. The number of nitrogens with one attached hydrogen (secondary N) is 1. The molecule has 1 aliphatic heterocycles. The van der Waals surface area contributed by atoms with Crippen molar-refractivity contribution in [1.82, 2.24) is 9.88 Å². The first-order chi connectivity index (χ1) is 10.6. The van der Waals surface area contributed by atoms with Crippen molar-refractivity contribution in [3.8, 4) is 0 Å². The molecule has 0 radical (unpaired) electrons. The fraction of sp³-hybridized carbons (Fsp3) is 0.375. The van der Waals surface area contributed by atoms with Crippen molar-refractivity contribution in [2.75, 3.05) is 11.9 Å². The monoisotopic (exact) mass is 299 g/mol. The number of fused-ring (bicyclic) bond motifs is 1. The van der Waals surface area contributed by atoms with Gasteiger partial charge in [0, 0.05) is 5.69 Å². The van der Waals surface area contributed by atoms with Gasteiger partial charge >= 0.3 is 0 Å². The number of nitrogens with zero attached hydrogens (tertiary/aromatic N) is 2. The van der Waals surface area contributed by atoms with E-state index in [0.29, 0.717) is 18.7 Å². The number of carbonyl (C=O) groups excluding carboxylic acids is 3. The van der Waals surface area contributed by atoms with Gasteiger partial charge in [-0.25, -0.2) is 4.98 Å². The second-order valence-corrected chi connectivity index (χ2v) is 5.63. The first-order valence-corrected chi connectivity index (χ1v) is 7.30. The zero-order chi connectivity index (χ0) is 15.7. The molecular weight excluding hydrogens is 282 g/mol. The summed E-state index contributed by atoms with van der Waals surface area (Å²) in [7, 11) is 0. The number of carbonyl (C=O) groups is 3. The fourth-order valence-electron chi connectivity index (χ4n) is 2.96. The Kier molecular flexibility index (Phi) is 3.75. The molecule has 0 aromatic carbocycles. The molecule has 3 amide bonds. The first kappa shape index (κ1) is 14.4. The van der Waals surface area contributed by atoms with Gasteiger partial charge in [0.2, 0.25) is 17.7 Å². The topological polar surface area (TPSA) is 79.4 Å². The molecule has 3 rings (SSSR count). The number of hydrogen-bond donors (Lipinski definition) is 1. The highest BCUT2D eigenvalue weighted by atomic mass is 16.2. The molecule has 6 nitrogen and oxygen atoms in total. The van der Waals surface area contributed by atoms with E-state index < -0.39 is 5.91 Å². The Morgan fingerprint density at radius 3 is 2.45 bits per heavy atom. The molecule has 2 aliphatic rings. The summed E-state index contributed by atoms with van der Waals surface area (Å²) in [5, 5.41) is 2.62. The van der Waals surface area contributed by atoms with Gasteiger partial charge in [0.1, 0.15) is 12.4 Å². The number of rotatable bonds is 3. The number of allylic oxidation sites excluding steroid dienone is 2. The third-order valence-corrected chi connectivity index (χ3v) is 4.06. The number of likely N-dealkylation sites (tertiary alicyclic amines) is 1. The van der Waals surface area contributed by atoms with Gasteiger partial charge in [-0.3, -0.25) is 19.3 Å². The highest BCUT2D eigenvalue weighted by molar-refractivity contribution is 6.08. The van der Waals surface area contributed by atoms with E-state index in [1.54, 1.807) is 12.1 Å². The number of pyridine rings is 1. The van der Waals surface area contributed by atoms with E-state index in [4.69, 9.17) is 0 Å². The van der Waals surface area contributed by atoms with Crippen LogP contribution in [0.5, 0.6) is 0 Å². The Hall–Kier alpha value is -2.50. The normalized spacial score (nSPS) is 23.6. The smallest absolute Gasteiger partial charge is 0.245 e. The highest BCUT2D eigenvalue weighted by Crippen LogP contribution is 2.34. The maximum absolute atomic E-state index is 12.3. The molecule has 2 atom stereocenters. The minimum atomic E-state index is -0.411. The van der Waals surface area contributed by atoms with Crippen molar-refractivity contribution in [3.05, 3.63) is 36.0 Å². The Morgan fingerprint density at radius 2 is 1.86 bits per heavy atom. The lowest BCUT2D eigenvalue weighted by Crippen LogP contribution is -2.38. The molecule has 1 fully saturated rings. The van der Waals surface area contributed by atoms with Crippen LogP contribution in [0.1, 0.15) is 18.5 Å². The van der Waals surface area contributed by atoms with Crippen molar-refractivity contribution in [1.29, 1.82) is 0 Å². The summed E-state index contributed by atoms with van der Waals surface area (Å²) in [6.45, 7) is 1.57. The third kappa shape index (κ3) is 2.64. The van der Waals surface area contributed by atoms with Crippen LogP contribution in [-0.4, -0.2) is 34.2 Å². The lowest BCUT2D eigenvalue weighted by molar-refractivity contribution is -0.142. The summed E-state index contributed by atoms with van der Waals surface area (Å²) in [4.78, 5) is 41.8. The average Bonchev–Trinajstić information content (AvgIpc) is 2.73. The van der Waals surface area contributed by atoms with Crippen molar-refractivity contribution in [2.45, 2.75) is 19.8 Å². The van der Waals surface area contributed by atoms with Crippen molar-refractivity contribution < 1.29 is 14.4 Å². The molecule has 1 aliphatic carbocycles. The molecule has 0 unspecified atom stereocenters. The van der Waals surface area contributed by atoms with E-state index in [2.05, 4.69) is 10.3 Å². The van der Waals surface area contributed by atoms with Gasteiger partial charge in [0.25, 0.3) is 0 Å². The number of hydrogen-bond acceptors (Lipinski definition) is 4. The zero-order valence-electron chi connectivity index (χ0n) is 12.3. The SMILES string of the molecule is Cc1cccc(NC(=O)CN2C(=O)[C@@H]3CC=CC[C@H]3C2=O)n1. The van der Waals surface area contributed by atoms with Crippen LogP contribution >= 0.6 is 0 Å². The number of aryl methyl sites for hydroxylation is 1. The van der Waals surface area contributed by atoms with Crippen LogP contribution < -0.4 is 5.32 Å². The predicted octanol–water partition coefficient (Wildman–Crippen LogP) is 1.28. The molecule has 0 saturated carbocycles. The van der Waals surface area contributed by atoms with Crippen LogP contribution in [0.15, 0.2) is 30.4 Å². The molecule has 0 spiro atoms. The summed E-state index contributed by atoms with van der Waals surface area (Å²) in [5.41, 5.74) is 0.781. The molecule has 1 saturated heterocycles. The van der Waals surface area contributed by atoms with Gasteiger partial charge in [0.05, 0.1) is 11.8 Å². The van der Waals surface area contributed by atoms with Gasteiger partial charge in [-0.2, -0.15) is 0 Å². The Balaban J connectivity index is 1.67. The molecule has 1 aromatic heterocycles. The van der Waals surface area contributed by atoms with Crippen LogP contribution in [0, 0.1) is 18.8 Å². The summed E-state index contributed by atoms with van der Waals surface area (Å²) in [6, 6.07) is 5.27. The van der Waals surface area contributed by atoms with Crippen LogP contribution in [0.3, 0.4) is 0 Å². The van der Waals surface area contributed by atoms with Gasteiger partial charge < -0.3 is 5.32 Å². The van der Waals surface area contributed by atoms with Crippen LogP contribution in [0.2, 0.25) is 0 Å². The van der Waals surface area contributed by atoms with E-state index >= 15 is 0 Å². The second kappa shape index (κ2) is 5.71. The molecule has 2 heterocycles. The minimum Gasteiger partial charge on any atom is -0.309 e. The maximum atomic E-state index is 12.3. The van der Waals surface area contributed by atoms with Crippen LogP contribution in [-0.2, 0) is 14.4 Å². The minimum absolute atomic E-state index is 0.244. The fourth-order valence-corrected chi connectivity index (χ4v) is 2.96. The molecule has 22 heavy (non-hydrogen) atoms. The molecule has 114 valence electrons. The molecule has 1 N–H and O–H groups in total. The predicted molar refractivity (Wildman–Crippen MR) is 79.7 cm³/mol. The second-order valence-electron chi connectivity index (χ2n) is 5.63. The van der Waals surface area contributed by atoms with Gasteiger partial charge in [-0.05, 0) is 31.9 Å².